The summed E-state index contributed by atoms with van der Waals surface area (Å²) < 4.78 is 11.6. The monoisotopic (exact) mass is 275 g/mol. The van der Waals surface area contributed by atoms with Crippen molar-refractivity contribution in [3.8, 4) is 11.1 Å². The van der Waals surface area contributed by atoms with Gasteiger partial charge in [-0.2, -0.15) is 5.10 Å². The Morgan fingerprint density at radius 1 is 1.40 bits per heavy atom. The predicted octanol–water partition coefficient (Wildman–Crippen LogP) is 1.47. The average Bonchev–Trinajstić information content (AvgIpc) is 2.86. The van der Waals surface area contributed by atoms with Crippen LogP contribution in [0.25, 0.3) is 11.1 Å². The SMILES string of the molecule is COCCOC(=O)c1ccc(N)c(-c2cnn(C)c2)c1. The summed E-state index contributed by atoms with van der Waals surface area (Å²) in [7, 11) is 3.38. The Labute approximate surface area is 117 Å². The highest BCUT2D eigenvalue weighted by Crippen LogP contribution is 2.26. The zero-order chi connectivity index (χ0) is 14.5. The van der Waals surface area contributed by atoms with Gasteiger partial charge in [-0.05, 0) is 18.2 Å². The summed E-state index contributed by atoms with van der Waals surface area (Å²) in [4.78, 5) is 11.9. The maximum atomic E-state index is 11.9. The third-order valence-electron chi connectivity index (χ3n) is 2.83. The summed E-state index contributed by atoms with van der Waals surface area (Å²) in [6.07, 6.45) is 3.54. The summed E-state index contributed by atoms with van der Waals surface area (Å²) in [5, 5.41) is 4.10. The summed E-state index contributed by atoms with van der Waals surface area (Å²) in [6, 6.07) is 5.04. The molecule has 0 unspecified atom stereocenters. The predicted molar refractivity (Wildman–Crippen MR) is 75.2 cm³/mol. The van der Waals surface area contributed by atoms with E-state index in [9.17, 15) is 4.79 Å². The van der Waals surface area contributed by atoms with Crippen LogP contribution in [0.5, 0.6) is 0 Å². The number of nitrogens with zero attached hydrogens (tertiary/aromatic N) is 2. The van der Waals surface area contributed by atoms with E-state index in [-0.39, 0.29) is 6.61 Å². The van der Waals surface area contributed by atoms with Crippen molar-refractivity contribution >= 4 is 11.7 Å². The minimum Gasteiger partial charge on any atom is -0.460 e. The summed E-state index contributed by atoms with van der Waals surface area (Å²) in [5.74, 6) is -0.396. The largest absolute Gasteiger partial charge is 0.460 e. The number of rotatable bonds is 5. The topological polar surface area (TPSA) is 79.4 Å². The van der Waals surface area contributed by atoms with Crippen LogP contribution in [0.15, 0.2) is 30.6 Å². The van der Waals surface area contributed by atoms with Gasteiger partial charge in [-0.15, -0.1) is 0 Å². The van der Waals surface area contributed by atoms with Gasteiger partial charge in [0.15, 0.2) is 0 Å². The Hall–Kier alpha value is -2.34. The molecule has 20 heavy (non-hydrogen) atoms. The number of nitrogen functional groups attached to an aromatic ring is 1. The van der Waals surface area contributed by atoms with E-state index in [2.05, 4.69) is 5.10 Å². The van der Waals surface area contributed by atoms with Gasteiger partial charge in [0, 0.05) is 37.2 Å². The molecule has 6 heteroatoms. The van der Waals surface area contributed by atoms with Crippen LogP contribution < -0.4 is 5.73 Å². The highest BCUT2D eigenvalue weighted by atomic mass is 16.6. The molecule has 2 aromatic rings. The van der Waals surface area contributed by atoms with Crippen molar-refractivity contribution in [2.45, 2.75) is 0 Å². The first kappa shape index (κ1) is 14.1. The number of anilines is 1. The average molecular weight is 275 g/mol. The molecule has 0 saturated heterocycles. The number of carbonyl (C=O) groups is 1. The molecule has 0 aliphatic rings. The van der Waals surface area contributed by atoms with Crippen molar-refractivity contribution < 1.29 is 14.3 Å². The van der Waals surface area contributed by atoms with Crippen molar-refractivity contribution in [2.24, 2.45) is 7.05 Å². The van der Waals surface area contributed by atoms with Crippen LogP contribution in [-0.4, -0.2) is 36.1 Å². The Morgan fingerprint density at radius 2 is 2.20 bits per heavy atom. The van der Waals surface area contributed by atoms with Crippen molar-refractivity contribution in [1.82, 2.24) is 9.78 Å². The molecule has 0 radical (unpaired) electrons. The molecule has 0 fully saturated rings. The molecular formula is C14H17N3O3. The van der Waals surface area contributed by atoms with Crippen LogP contribution >= 0.6 is 0 Å². The summed E-state index contributed by atoms with van der Waals surface area (Å²) in [6.45, 7) is 0.595. The van der Waals surface area contributed by atoms with Crippen molar-refractivity contribution in [3.63, 3.8) is 0 Å². The summed E-state index contributed by atoms with van der Waals surface area (Å²) in [5.41, 5.74) is 8.61. The fourth-order valence-corrected chi connectivity index (χ4v) is 1.79. The van der Waals surface area contributed by atoms with Gasteiger partial charge >= 0.3 is 5.97 Å². The third kappa shape index (κ3) is 3.16. The smallest absolute Gasteiger partial charge is 0.338 e. The molecule has 1 heterocycles. The molecule has 6 nitrogen and oxygen atoms in total. The molecule has 0 atom stereocenters. The van der Waals surface area contributed by atoms with E-state index in [4.69, 9.17) is 15.2 Å². The van der Waals surface area contributed by atoms with Crippen molar-refractivity contribution in [1.29, 1.82) is 0 Å². The lowest BCUT2D eigenvalue weighted by molar-refractivity contribution is 0.0388. The molecule has 0 spiro atoms. The number of hydrogen-bond acceptors (Lipinski definition) is 5. The Bertz CT molecular complexity index is 607. The molecule has 1 aromatic carbocycles. The second kappa shape index (κ2) is 6.21. The number of benzene rings is 1. The lowest BCUT2D eigenvalue weighted by Gasteiger charge is -2.07. The third-order valence-corrected chi connectivity index (χ3v) is 2.83. The van der Waals surface area contributed by atoms with Crippen molar-refractivity contribution in [2.75, 3.05) is 26.1 Å². The second-order valence-electron chi connectivity index (χ2n) is 4.33. The minimum absolute atomic E-state index is 0.224. The molecule has 0 aliphatic heterocycles. The Kier molecular flexibility index (Phi) is 4.37. The fourth-order valence-electron chi connectivity index (χ4n) is 1.79. The second-order valence-corrected chi connectivity index (χ2v) is 4.33. The standard InChI is InChI=1S/C14H17N3O3/c1-17-9-11(8-16-17)12-7-10(3-4-13(12)15)14(18)20-6-5-19-2/h3-4,7-9H,5-6,15H2,1-2H3. The van der Waals surface area contributed by atoms with Gasteiger partial charge < -0.3 is 15.2 Å². The Balaban J connectivity index is 2.22. The van der Waals surface area contributed by atoms with Crippen LogP contribution in [0.4, 0.5) is 5.69 Å². The lowest BCUT2D eigenvalue weighted by atomic mass is 10.0. The molecule has 106 valence electrons. The van der Waals surface area contributed by atoms with E-state index >= 15 is 0 Å². The number of aromatic nitrogens is 2. The number of aryl methyl sites for hydroxylation is 1. The first-order valence-electron chi connectivity index (χ1n) is 6.16. The minimum atomic E-state index is -0.396. The molecule has 0 aliphatic carbocycles. The van der Waals surface area contributed by atoms with Crippen LogP contribution in [0, 0.1) is 0 Å². The molecule has 0 amide bonds. The van der Waals surface area contributed by atoms with Crippen LogP contribution in [0.1, 0.15) is 10.4 Å². The van der Waals surface area contributed by atoms with E-state index in [1.165, 1.54) is 0 Å². The normalized spacial score (nSPS) is 10.5. The lowest BCUT2D eigenvalue weighted by Crippen LogP contribution is -2.10. The Morgan fingerprint density at radius 3 is 2.85 bits per heavy atom. The molecule has 2 N–H and O–H groups in total. The highest BCUT2D eigenvalue weighted by molar-refractivity contribution is 5.93. The van der Waals surface area contributed by atoms with Gasteiger partial charge in [0.2, 0.25) is 0 Å². The first-order valence-corrected chi connectivity index (χ1v) is 6.16. The van der Waals surface area contributed by atoms with E-state index in [1.807, 2.05) is 13.2 Å². The fraction of sp³-hybridized carbons (Fsp3) is 0.286. The van der Waals surface area contributed by atoms with Crippen molar-refractivity contribution in [3.05, 3.63) is 36.2 Å². The number of ether oxygens (including phenoxy) is 2. The van der Waals surface area contributed by atoms with Gasteiger partial charge in [-0.3, -0.25) is 4.68 Å². The van der Waals surface area contributed by atoms with Gasteiger partial charge in [0.05, 0.1) is 18.4 Å². The first-order chi connectivity index (χ1) is 9.61. The number of esters is 1. The van der Waals surface area contributed by atoms with E-state index < -0.39 is 5.97 Å². The van der Waals surface area contributed by atoms with Crippen LogP contribution in [-0.2, 0) is 16.5 Å². The zero-order valence-electron chi connectivity index (χ0n) is 11.5. The van der Waals surface area contributed by atoms with E-state index in [0.717, 1.165) is 11.1 Å². The molecular weight excluding hydrogens is 258 g/mol. The number of methoxy groups -OCH3 is 1. The van der Waals surface area contributed by atoms with Gasteiger partial charge in [0.1, 0.15) is 6.61 Å². The maximum Gasteiger partial charge on any atom is 0.338 e. The van der Waals surface area contributed by atoms with Crippen LogP contribution in [0.2, 0.25) is 0 Å². The van der Waals surface area contributed by atoms with Gasteiger partial charge in [-0.25, -0.2) is 4.79 Å². The number of nitrogens with two attached hydrogens (primary N) is 1. The number of carbonyl (C=O) groups excluding carboxylic acids is 1. The summed E-state index contributed by atoms with van der Waals surface area (Å²) >= 11 is 0. The quantitative estimate of drug-likeness (QED) is 0.508. The molecule has 2 rings (SSSR count). The molecule has 0 saturated carbocycles. The number of hydrogen-bond donors (Lipinski definition) is 1. The van der Waals surface area contributed by atoms with E-state index in [1.54, 1.807) is 36.2 Å². The van der Waals surface area contributed by atoms with Gasteiger partial charge in [0.25, 0.3) is 0 Å². The molecule has 1 aromatic heterocycles. The highest BCUT2D eigenvalue weighted by Gasteiger charge is 2.12. The van der Waals surface area contributed by atoms with E-state index in [0.29, 0.717) is 17.9 Å². The molecule has 0 bridgehead atoms. The maximum absolute atomic E-state index is 11.9. The van der Waals surface area contributed by atoms with Crippen LogP contribution in [0.3, 0.4) is 0 Å². The zero-order valence-corrected chi connectivity index (χ0v) is 11.5. The van der Waals surface area contributed by atoms with Gasteiger partial charge in [-0.1, -0.05) is 0 Å².